The lowest BCUT2D eigenvalue weighted by molar-refractivity contribution is 0.186. The molecule has 2 aromatic rings. The van der Waals surface area contributed by atoms with Crippen molar-refractivity contribution in [2.24, 2.45) is 7.05 Å². The molecule has 1 fully saturated rings. The number of aryl methyl sites for hydroxylation is 1. The van der Waals surface area contributed by atoms with Crippen molar-refractivity contribution >= 4 is 22.5 Å². The average Bonchev–Trinajstić information content (AvgIpc) is 2.75. The van der Waals surface area contributed by atoms with E-state index in [1.165, 1.54) is 16.5 Å². The van der Waals surface area contributed by atoms with Gasteiger partial charge in [-0.2, -0.15) is 0 Å². The van der Waals surface area contributed by atoms with Gasteiger partial charge < -0.3 is 9.88 Å². The zero-order valence-electron chi connectivity index (χ0n) is 11.5. The largest absolute Gasteiger partial charge is 0.350 e. The molecule has 4 heteroatoms. The average molecular weight is 278 g/mol. The highest BCUT2D eigenvalue weighted by Crippen LogP contribution is 2.31. The molecule has 0 bridgehead atoms. The van der Waals surface area contributed by atoms with Crippen LogP contribution in [0, 0.1) is 0 Å². The fourth-order valence-electron chi connectivity index (χ4n) is 2.99. The molecule has 2 heterocycles. The minimum atomic E-state index is 0.435. The van der Waals surface area contributed by atoms with Gasteiger partial charge in [-0.05, 0) is 30.7 Å². The highest BCUT2D eigenvalue weighted by molar-refractivity contribution is 6.31. The third-order valence-electron chi connectivity index (χ3n) is 4.13. The Labute approximate surface area is 119 Å². The number of rotatable bonds is 2. The molecular weight excluding hydrogens is 258 g/mol. The first-order valence-corrected chi connectivity index (χ1v) is 7.24. The molecule has 0 saturated carbocycles. The number of nitrogens with zero attached hydrogens (tertiary/aromatic N) is 2. The minimum Gasteiger partial charge on any atom is -0.350 e. The number of nitrogens with one attached hydrogen (secondary N) is 1. The van der Waals surface area contributed by atoms with E-state index in [0.717, 1.165) is 31.2 Å². The van der Waals surface area contributed by atoms with E-state index in [2.05, 4.69) is 47.1 Å². The molecule has 1 aromatic heterocycles. The highest BCUT2D eigenvalue weighted by atomic mass is 35.5. The Morgan fingerprint density at radius 1 is 1.26 bits per heavy atom. The van der Waals surface area contributed by atoms with Gasteiger partial charge in [-0.25, -0.2) is 0 Å². The van der Waals surface area contributed by atoms with Gasteiger partial charge in [-0.1, -0.05) is 11.6 Å². The fraction of sp³-hybridized carbons (Fsp3) is 0.467. The molecule has 102 valence electrons. The van der Waals surface area contributed by atoms with E-state index in [1.54, 1.807) is 0 Å². The molecule has 0 radical (unpaired) electrons. The van der Waals surface area contributed by atoms with Crippen LogP contribution < -0.4 is 5.32 Å². The maximum atomic E-state index is 6.16. The van der Waals surface area contributed by atoms with Crippen LogP contribution in [-0.2, 0) is 7.05 Å². The van der Waals surface area contributed by atoms with Crippen molar-refractivity contribution in [1.82, 2.24) is 14.8 Å². The molecule has 1 aliphatic rings. The van der Waals surface area contributed by atoms with Gasteiger partial charge in [0.2, 0.25) is 0 Å². The number of piperazine rings is 1. The molecule has 1 aliphatic heterocycles. The summed E-state index contributed by atoms with van der Waals surface area (Å²) in [4.78, 5) is 2.53. The molecule has 3 nitrogen and oxygen atoms in total. The zero-order valence-corrected chi connectivity index (χ0v) is 12.2. The first-order valence-electron chi connectivity index (χ1n) is 6.86. The minimum absolute atomic E-state index is 0.435. The molecule has 0 spiro atoms. The molecule has 1 atom stereocenters. The lowest BCUT2D eigenvalue weighted by atomic mass is 10.1. The van der Waals surface area contributed by atoms with Crippen LogP contribution in [0.3, 0.4) is 0 Å². The van der Waals surface area contributed by atoms with E-state index in [-0.39, 0.29) is 0 Å². The first-order chi connectivity index (χ1) is 9.16. The lowest BCUT2D eigenvalue weighted by Crippen LogP contribution is -2.44. The van der Waals surface area contributed by atoms with Gasteiger partial charge in [0.25, 0.3) is 0 Å². The molecule has 1 aromatic carbocycles. The molecule has 19 heavy (non-hydrogen) atoms. The van der Waals surface area contributed by atoms with Crippen LogP contribution in [0.2, 0.25) is 5.02 Å². The third kappa shape index (κ3) is 2.38. The van der Waals surface area contributed by atoms with Gasteiger partial charge in [0.1, 0.15) is 0 Å². The van der Waals surface area contributed by atoms with Gasteiger partial charge in [0.05, 0.1) is 0 Å². The second-order valence-corrected chi connectivity index (χ2v) is 5.76. The molecule has 1 saturated heterocycles. The summed E-state index contributed by atoms with van der Waals surface area (Å²) >= 11 is 6.16. The molecular formula is C15H20ClN3. The van der Waals surface area contributed by atoms with Crippen LogP contribution in [0.1, 0.15) is 18.5 Å². The Kier molecular flexibility index (Phi) is 3.52. The van der Waals surface area contributed by atoms with Crippen molar-refractivity contribution in [1.29, 1.82) is 0 Å². The van der Waals surface area contributed by atoms with Gasteiger partial charge in [-0.3, -0.25) is 4.90 Å². The molecule has 0 amide bonds. The molecule has 0 aliphatic carbocycles. The van der Waals surface area contributed by atoms with Crippen LogP contribution in [0.4, 0.5) is 0 Å². The van der Waals surface area contributed by atoms with E-state index >= 15 is 0 Å². The van der Waals surface area contributed by atoms with Gasteiger partial charge in [-0.15, -0.1) is 0 Å². The van der Waals surface area contributed by atoms with Crippen LogP contribution in [0.15, 0.2) is 24.4 Å². The summed E-state index contributed by atoms with van der Waals surface area (Å²) < 4.78 is 2.19. The second-order valence-electron chi connectivity index (χ2n) is 5.32. The zero-order chi connectivity index (χ0) is 13.4. The van der Waals surface area contributed by atoms with Crippen LogP contribution in [0.5, 0.6) is 0 Å². The van der Waals surface area contributed by atoms with E-state index < -0.39 is 0 Å². The van der Waals surface area contributed by atoms with Crippen LogP contribution >= 0.6 is 11.6 Å². The standard InChI is InChI=1S/C15H20ClN3/c1-11(19-7-5-17-6-8-19)14-10-18(2)15-4-3-12(16)9-13(14)15/h3-4,9-11,17H,5-8H2,1-2H3. The smallest absolute Gasteiger partial charge is 0.0482 e. The summed E-state index contributed by atoms with van der Waals surface area (Å²) in [5.74, 6) is 0. The predicted octanol–water partition coefficient (Wildman–Crippen LogP) is 2.80. The molecule has 1 N–H and O–H groups in total. The number of hydrogen-bond donors (Lipinski definition) is 1. The molecule has 3 rings (SSSR count). The van der Waals surface area contributed by atoms with E-state index in [0.29, 0.717) is 6.04 Å². The second kappa shape index (κ2) is 5.16. The summed E-state index contributed by atoms with van der Waals surface area (Å²) in [6.07, 6.45) is 2.24. The summed E-state index contributed by atoms with van der Waals surface area (Å²) in [5.41, 5.74) is 2.63. The maximum absolute atomic E-state index is 6.16. The van der Waals surface area contributed by atoms with Crippen molar-refractivity contribution in [3.05, 3.63) is 35.0 Å². The quantitative estimate of drug-likeness (QED) is 0.911. The highest BCUT2D eigenvalue weighted by Gasteiger charge is 2.21. The van der Waals surface area contributed by atoms with Crippen molar-refractivity contribution in [2.75, 3.05) is 26.2 Å². The number of benzene rings is 1. The number of aromatic nitrogens is 1. The van der Waals surface area contributed by atoms with Crippen molar-refractivity contribution in [3.63, 3.8) is 0 Å². The summed E-state index contributed by atoms with van der Waals surface area (Å²) in [6.45, 7) is 6.67. The SMILES string of the molecule is CC(c1cn(C)c2ccc(Cl)cc12)N1CCNCC1. The van der Waals surface area contributed by atoms with E-state index in [9.17, 15) is 0 Å². The van der Waals surface area contributed by atoms with Crippen LogP contribution in [0.25, 0.3) is 10.9 Å². The van der Waals surface area contributed by atoms with Crippen molar-refractivity contribution in [3.8, 4) is 0 Å². The fourth-order valence-corrected chi connectivity index (χ4v) is 3.17. The topological polar surface area (TPSA) is 20.2 Å². The monoisotopic (exact) mass is 277 g/mol. The normalized spacial score (nSPS) is 18.9. The number of hydrogen-bond acceptors (Lipinski definition) is 2. The lowest BCUT2D eigenvalue weighted by Gasteiger charge is -2.32. The summed E-state index contributed by atoms with van der Waals surface area (Å²) in [5, 5.41) is 5.50. The third-order valence-corrected chi connectivity index (χ3v) is 4.37. The van der Waals surface area contributed by atoms with E-state index in [1.807, 2.05) is 6.07 Å². The van der Waals surface area contributed by atoms with Gasteiger partial charge in [0, 0.05) is 61.4 Å². The van der Waals surface area contributed by atoms with Crippen molar-refractivity contribution in [2.45, 2.75) is 13.0 Å². The Morgan fingerprint density at radius 2 is 2.00 bits per heavy atom. The molecule has 1 unspecified atom stereocenters. The summed E-state index contributed by atoms with van der Waals surface area (Å²) in [7, 11) is 2.10. The van der Waals surface area contributed by atoms with Gasteiger partial charge >= 0.3 is 0 Å². The Bertz CT molecular complexity index is 584. The Morgan fingerprint density at radius 3 is 2.74 bits per heavy atom. The van der Waals surface area contributed by atoms with Gasteiger partial charge in [0.15, 0.2) is 0 Å². The van der Waals surface area contributed by atoms with E-state index in [4.69, 9.17) is 11.6 Å². The number of fused-ring (bicyclic) bond motifs is 1. The number of halogens is 1. The summed E-state index contributed by atoms with van der Waals surface area (Å²) in [6, 6.07) is 6.59. The Balaban J connectivity index is 2.01. The first kappa shape index (κ1) is 13.0. The maximum Gasteiger partial charge on any atom is 0.0482 e. The Hall–Kier alpha value is -1.03. The van der Waals surface area contributed by atoms with Crippen molar-refractivity contribution < 1.29 is 0 Å². The van der Waals surface area contributed by atoms with Crippen LogP contribution in [-0.4, -0.2) is 35.6 Å². The predicted molar refractivity (Wildman–Crippen MR) is 80.8 cm³/mol.